The minimum absolute atomic E-state index is 0.0121. The summed E-state index contributed by atoms with van der Waals surface area (Å²) in [4.78, 5) is 38.2. The lowest BCUT2D eigenvalue weighted by molar-refractivity contribution is -0.137. The largest absolute Gasteiger partial charge is 0.439 e. The van der Waals surface area contributed by atoms with Crippen molar-refractivity contribution in [2.24, 2.45) is 0 Å². The van der Waals surface area contributed by atoms with Crippen LogP contribution in [0.3, 0.4) is 0 Å². The Morgan fingerprint density at radius 1 is 1.02 bits per heavy atom. The van der Waals surface area contributed by atoms with Crippen LogP contribution in [0.2, 0.25) is 0 Å². The monoisotopic (exact) mass is 620 g/mol. The van der Waals surface area contributed by atoms with Gasteiger partial charge in [0.1, 0.15) is 11.4 Å². The lowest BCUT2D eigenvalue weighted by atomic mass is 10.2. The summed E-state index contributed by atoms with van der Waals surface area (Å²) < 4.78 is 71.6. The molecule has 1 aliphatic rings. The van der Waals surface area contributed by atoms with Crippen LogP contribution in [0, 0.1) is 6.92 Å². The number of nitrogens with zero attached hydrogens (tertiary/aromatic N) is 5. The molecule has 1 saturated heterocycles. The number of ether oxygens (including phenoxy) is 1. The number of thiazole rings is 1. The first-order valence-corrected chi connectivity index (χ1v) is 14.7. The van der Waals surface area contributed by atoms with Crippen molar-refractivity contribution >= 4 is 49.2 Å². The normalized spacial score (nSPS) is 14.6. The first-order valence-electron chi connectivity index (χ1n) is 12.5. The predicted molar refractivity (Wildman–Crippen MR) is 147 cm³/mol. The molecule has 0 aliphatic carbocycles. The number of alkyl halides is 3. The minimum Gasteiger partial charge on any atom is -0.439 e. The van der Waals surface area contributed by atoms with Crippen LogP contribution < -0.4 is 10.1 Å². The number of anilines is 1. The van der Waals surface area contributed by atoms with E-state index in [1.54, 1.807) is 31.2 Å². The summed E-state index contributed by atoms with van der Waals surface area (Å²) in [6.07, 6.45) is -3.81. The summed E-state index contributed by atoms with van der Waals surface area (Å²) in [5.41, 5.74) is 0.0670. The second-order valence-electron chi connectivity index (χ2n) is 9.31. The molecule has 1 aliphatic heterocycles. The molecule has 0 spiro atoms. The van der Waals surface area contributed by atoms with Gasteiger partial charge in [-0.2, -0.15) is 17.5 Å². The number of hydrogen-bond donors (Lipinski definition) is 1. The number of benzene rings is 1. The highest BCUT2D eigenvalue weighted by Crippen LogP contribution is 2.32. The number of carbonyl (C=O) groups excluding carboxylic acids is 2. The zero-order valence-electron chi connectivity index (χ0n) is 22.2. The molecule has 0 unspecified atom stereocenters. The number of fused-ring (bicyclic) bond motifs is 1. The number of hydrogen-bond acceptors (Lipinski definition) is 9. The van der Waals surface area contributed by atoms with Gasteiger partial charge in [0.05, 0.1) is 16.8 Å². The van der Waals surface area contributed by atoms with E-state index in [0.717, 1.165) is 23.5 Å². The highest BCUT2D eigenvalue weighted by Gasteiger charge is 2.34. The minimum atomic E-state index is -4.50. The van der Waals surface area contributed by atoms with Gasteiger partial charge in [0.25, 0.3) is 15.9 Å². The van der Waals surface area contributed by atoms with Gasteiger partial charge in [0.2, 0.25) is 11.8 Å². The van der Waals surface area contributed by atoms with Crippen LogP contribution in [0.25, 0.3) is 10.9 Å². The fraction of sp³-hybridized carbons (Fsp3) is 0.269. The molecule has 0 atom stereocenters. The van der Waals surface area contributed by atoms with Crippen molar-refractivity contribution in [3.05, 3.63) is 65.6 Å². The summed E-state index contributed by atoms with van der Waals surface area (Å²) in [5.74, 6) is -0.397. The van der Waals surface area contributed by atoms with E-state index in [4.69, 9.17) is 4.74 Å². The number of carbonyl (C=O) groups is 2. The lowest BCUT2D eigenvalue weighted by Gasteiger charge is -2.33. The van der Waals surface area contributed by atoms with Crippen molar-refractivity contribution in [3.63, 3.8) is 0 Å². The second-order valence-corrected chi connectivity index (χ2v) is 12.4. The molecule has 42 heavy (non-hydrogen) atoms. The molecule has 3 aromatic heterocycles. The molecule has 11 nitrogen and oxygen atoms in total. The second kappa shape index (κ2) is 11.3. The molecule has 220 valence electrons. The van der Waals surface area contributed by atoms with Gasteiger partial charge >= 0.3 is 6.18 Å². The molecule has 1 N–H and O–H groups in total. The zero-order chi connectivity index (χ0) is 30.2. The first-order chi connectivity index (χ1) is 19.8. The van der Waals surface area contributed by atoms with Crippen molar-refractivity contribution in [1.82, 2.24) is 24.2 Å². The molecule has 4 aromatic rings. The van der Waals surface area contributed by atoms with Gasteiger partial charge in [-0.05, 0) is 37.3 Å². The molecule has 0 radical (unpaired) electrons. The van der Waals surface area contributed by atoms with E-state index in [-0.39, 0.29) is 64.6 Å². The fourth-order valence-electron chi connectivity index (χ4n) is 4.25. The standard InChI is InChI=1S/C26H23F3N6O5S2/c1-15-24(41-25(31-15)32-16(2)36)42(38,39)35-11-9-34(10-12-35)23(37)21-6-3-17-13-19(5-7-20(17)33-21)40-22-8-4-18(14-30-22)26(27,28)29/h3-8,13-14H,9-12H2,1-2H3,(H,31,32,36). The number of aryl methyl sites for hydroxylation is 1. The van der Waals surface area contributed by atoms with E-state index in [9.17, 15) is 31.2 Å². The Morgan fingerprint density at radius 2 is 1.76 bits per heavy atom. The van der Waals surface area contributed by atoms with Crippen molar-refractivity contribution in [2.75, 3.05) is 31.5 Å². The van der Waals surface area contributed by atoms with Gasteiger partial charge in [0, 0.05) is 50.8 Å². The summed E-state index contributed by atoms with van der Waals surface area (Å²) in [6, 6.07) is 10.0. The van der Waals surface area contributed by atoms with Gasteiger partial charge in [-0.15, -0.1) is 0 Å². The summed E-state index contributed by atoms with van der Waals surface area (Å²) >= 11 is 0.880. The summed E-state index contributed by atoms with van der Waals surface area (Å²) in [7, 11) is -3.87. The van der Waals surface area contributed by atoms with Crippen LogP contribution in [0.5, 0.6) is 11.6 Å². The fourth-order valence-corrected chi connectivity index (χ4v) is 7.27. The molecule has 0 bridgehead atoms. The van der Waals surface area contributed by atoms with E-state index in [1.165, 1.54) is 22.2 Å². The number of aromatic nitrogens is 3. The van der Waals surface area contributed by atoms with E-state index < -0.39 is 21.8 Å². The van der Waals surface area contributed by atoms with Crippen LogP contribution in [-0.4, -0.2) is 70.6 Å². The highest BCUT2D eigenvalue weighted by molar-refractivity contribution is 7.91. The maximum Gasteiger partial charge on any atom is 0.417 e. The summed E-state index contributed by atoms with van der Waals surface area (Å²) in [5, 5.41) is 3.32. The van der Waals surface area contributed by atoms with Gasteiger partial charge < -0.3 is 15.0 Å². The third kappa shape index (κ3) is 6.19. The molecule has 5 rings (SSSR count). The number of pyridine rings is 2. The van der Waals surface area contributed by atoms with E-state index in [0.29, 0.717) is 22.8 Å². The Labute approximate surface area is 242 Å². The lowest BCUT2D eigenvalue weighted by Crippen LogP contribution is -2.50. The average Bonchev–Trinajstić information content (AvgIpc) is 3.32. The van der Waals surface area contributed by atoms with Crippen LogP contribution in [0.4, 0.5) is 18.3 Å². The number of halogens is 3. The van der Waals surface area contributed by atoms with Crippen LogP contribution in [-0.2, 0) is 21.0 Å². The molecule has 1 aromatic carbocycles. The predicted octanol–water partition coefficient (Wildman–Crippen LogP) is 4.31. The molecule has 0 saturated carbocycles. The smallest absolute Gasteiger partial charge is 0.417 e. The number of amides is 2. The van der Waals surface area contributed by atoms with E-state index >= 15 is 0 Å². The number of nitrogens with one attached hydrogen (secondary N) is 1. The van der Waals surface area contributed by atoms with Gasteiger partial charge in [-0.3, -0.25) is 9.59 Å². The topological polar surface area (TPSA) is 135 Å². The third-order valence-electron chi connectivity index (χ3n) is 6.30. The van der Waals surface area contributed by atoms with E-state index in [1.807, 2.05) is 0 Å². The van der Waals surface area contributed by atoms with Crippen molar-refractivity contribution in [2.45, 2.75) is 24.2 Å². The van der Waals surface area contributed by atoms with Crippen LogP contribution >= 0.6 is 11.3 Å². The molecular weight excluding hydrogens is 597 g/mol. The Kier molecular flexibility index (Phi) is 7.87. The average molecular weight is 621 g/mol. The molecule has 1 fully saturated rings. The maximum atomic E-state index is 13.2. The maximum absolute atomic E-state index is 13.2. The molecule has 2 amide bonds. The third-order valence-corrected chi connectivity index (χ3v) is 9.86. The number of rotatable bonds is 6. The van der Waals surface area contributed by atoms with Gasteiger partial charge in [0.15, 0.2) is 9.34 Å². The molecular formula is C26H23F3N6O5S2. The Bertz CT molecular complexity index is 1770. The first kappa shape index (κ1) is 29.3. The molecule has 16 heteroatoms. The Hall–Kier alpha value is -4.15. The SMILES string of the molecule is CC(=O)Nc1nc(C)c(S(=O)(=O)N2CCN(C(=O)c3ccc4cc(Oc5ccc(C(F)(F)F)cn5)ccc4n3)CC2)s1. The van der Waals surface area contributed by atoms with Gasteiger partial charge in [-0.1, -0.05) is 17.4 Å². The molecule has 4 heterocycles. The van der Waals surface area contributed by atoms with Gasteiger partial charge in [-0.25, -0.2) is 23.4 Å². The highest BCUT2D eigenvalue weighted by atomic mass is 32.2. The van der Waals surface area contributed by atoms with Crippen LogP contribution in [0.1, 0.15) is 28.7 Å². The van der Waals surface area contributed by atoms with Crippen molar-refractivity contribution < 1.29 is 35.9 Å². The number of sulfonamides is 1. The van der Waals surface area contributed by atoms with Crippen molar-refractivity contribution in [3.8, 4) is 11.6 Å². The quantitative estimate of drug-likeness (QED) is 0.337. The Balaban J connectivity index is 1.23. The number of piperazine rings is 1. The van der Waals surface area contributed by atoms with Crippen LogP contribution in [0.15, 0.2) is 52.9 Å². The Morgan fingerprint density at radius 3 is 2.40 bits per heavy atom. The summed E-state index contributed by atoms with van der Waals surface area (Å²) in [6.45, 7) is 3.32. The van der Waals surface area contributed by atoms with E-state index in [2.05, 4.69) is 20.3 Å². The van der Waals surface area contributed by atoms with Crippen molar-refractivity contribution in [1.29, 1.82) is 0 Å². The zero-order valence-corrected chi connectivity index (χ0v) is 23.8.